The van der Waals surface area contributed by atoms with Crippen molar-refractivity contribution in [1.29, 1.82) is 0 Å². The second-order valence-electron chi connectivity index (χ2n) is 5.61. The van der Waals surface area contributed by atoms with Gasteiger partial charge in [-0.3, -0.25) is 0 Å². The molecule has 2 nitrogen and oxygen atoms in total. The predicted octanol–water partition coefficient (Wildman–Crippen LogP) is 5.51. The van der Waals surface area contributed by atoms with E-state index in [1.807, 2.05) is 17.8 Å². The summed E-state index contributed by atoms with van der Waals surface area (Å²) in [5, 5.41) is 2.48. The van der Waals surface area contributed by atoms with Crippen LogP contribution < -0.4 is 0 Å². The monoisotopic (exact) mass is 318 g/mol. The third-order valence-corrected chi connectivity index (χ3v) is 5.06. The quantitative estimate of drug-likeness (QED) is 0.464. The van der Waals surface area contributed by atoms with Gasteiger partial charge in [0.05, 0.1) is 11.0 Å². The van der Waals surface area contributed by atoms with Gasteiger partial charge >= 0.3 is 0 Å². The van der Waals surface area contributed by atoms with E-state index in [9.17, 15) is 0 Å². The van der Waals surface area contributed by atoms with Crippen LogP contribution in [-0.4, -0.2) is 15.3 Å². The molecule has 0 spiro atoms. The van der Waals surface area contributed by atoms with Crippen molar-refractivity contribution in [2.24, 2.45) is 7.05 Å². The smallest absolute Gasteiger partial charge is 0.140 e. The lowest BCUT2D eigenvalue weighted by molar-refractivity contribution is 0.959. The molecule has 4 aromatic rings. The Morgan fingerprint density at radius 1 is 1.00 bits per heavy atom. The summed E-state index contributed by atoms with van der Waals surface area (Å²) in [6, 6.07) is 21.4. The van der Waals surface area contributed by atoms with Crippen LogP contribution in [0.1, 0.15) is 6.92 Å². The summed E-state index contributed by atoms with van der Waals surface area (Å²) in [6.07, 6.45) is 0. The van der Waals surface area contributed by atoms with Crippen molar-refractivity contribution in [1.82, 2.24) is 9.55 Å². The van der Waals surface area contributed by atoms with Crippen LogP contribution in [0.3, 0.4) is 0 Å². The van der Waals surface area contributed by atoms with Gasteiger partial charge < -0.3 is 4.57 Å². The van der Waals surface area contributed by atoms with Crippen molar-refractivity contribution in [3.63, 3.8) is 0 Å². The Morgan fingerprint density at radius 3 is 2.61 bits per heavy atom. The molecule has 0 radical (unpaired) electrons. The molecular formula is C20H18N2S. The molecule has 114 valence electrons. The first-order chi connectivity index (χ1) is 11.3. The van der Waals surface area contributed by atoms with Crippen LogP contribution in [0.2, 0.25) is 0 Å². The largest absolute Gasteiger partial charge is 0.327 e. The third kappa shape index (κ3) is 2.41. The molecule has 0 amide bonds. The Kier molecular flexibility index (Phi) is 3.58. The number of hydrogen-bond acceptors (Lipinski definition) is 2. The highest BCUT2D eigenvalue weighted by Gasteiger charge is 2.12. The van der Waals surface area contributed by atoms with E-state index in [2.05, 4.69) is 73.1 Å². The van der Waals surface area contributed by atoms with Crippen molar-refractivity contribution in [3.8, 4) is 11.4 Å². The molecule has 0 bridgehead atoms. The number of thioether (sulfide) groups is 1. The molecular weight excluding hydrogens is 300 g/mol. The highest BCUT2D eigenvalue weighted by Crippen LogP contribution is 2.31. The standard InChI is InChI=1S/C20H18N2S/c1-3-23-16-10-11-17-15(13-16)9-12-18-19(17)21-20(22(18)2)14-7-5-4-6-8-14/h4-13H,3H2,1-2H3. The summed E-state index contributed by atoms with van der Waals surface area (Å²) in [4.78, 5) is 6.26. The molecule has 3 aromatic carbocycles. The number of rotatable bonds is 3. The average Bonchev–Trinajstić information content (AvgIpc) is 2.93. The molecule has 0 saturated carbocycles. The van der Waals surface area contributed by atoms with E-state index in [0.717, 1.165) is 22.7 Å². The summed E-state index contributed by atoms with van der Waals surface area (Å²) in [5.41, 5.74) is 3.40. The number of imidazole rings is 1. The fourth-order valence-corrected chi connectivity index (χ4v) is 3.77. The Hall–Kier alpha value is -2.26. The molecule has 0 saturated heterocycles. The summed E-state index contributed by atoms with van der Waals surface area (Å²) < 4.78 is 2.18. The van der Waals surface area contributed by atoms with Crippen molar-refractivity contribution < 1.29 is 0 Å². The lowest BCUT2D eigenvalue weighted by atomic mass is 10.1. The van der Waals surface area contributed by atoms with Crippen LogP contribution in [-0.2, 0) is 7.05 Å². The highest BCUT2D eigenvalue weighted by molar-refractivity contribution is 7.99. The minimum Gasteiger partial charge on any atom is -0.327 e. The number of nitrogens with zero attached hydrogens (tertiary/aromatic N) is 2. The lowest BCUT2D eigenvalue weighted by Crippen LogP contribution is -1.91. The molecule has 0 atom stereocenters. The Labute approximate surface area is 140 Å². The number of benzene rings is 3. The Balaban J connectivity index is 1.96. The van der Waals surface area contributed by atoms with Gasteiger partial charge in [-0.2, -0.15) is 0 Å². The minimum atomic E-state index is 1.01. The van der Waals surface area contributed by atoms with Crippen LogP contribution >= 0.6 is 11.8 Å². The molecule has 0 fully saturated rings. The van der Waals surface area contributed by atoms with E-state index in [4.69, 9.17) is 4.98 Å². The zero-order chi connectivity index (χ0) is 15.8. The number of hydrogen-bond donors (Lipinski definition) is 0. The van der Waals surface area contributed by atoms with Crippen LogP contribution in [0.15, 0.2) is 65.6 Å². The SMILES string of the molecule is CCSc1ccc2c(ccc3c2nc(-c2ccccc2)n3C)c1. The third-order valence-electron chi connectivity index (χ3n) is 4.18. The highest BCUT2D eigenvalue weighted by atomic mass is 32.2. The second-order valence-corrected chi connectivity index (χ2v) is 6.95. The topological polar surface area (TPSA) is 17.8 Å². The maximum Gasteiger partial charge on any atom is 0.140 e. The summed E-state index contributed by atoms with van der Waals surface area (Å²) in [5.74, 6) is 2.11. The minimum absolute atomic E-state index is 1.01. The van der Waals surface area contributed by atoms with Crippen LogP contribution in [0.4, 0.5) is 0 Å². The van der Waals surface area contributed by atoms with Crippen LogP contribution in [0.25, 0.3) is 33.2 Å². The van der Waals surface area contributed by atoms with Crippen molar-refractivity contribution in [2.75, 3.05) is 5.75 Å². The molecule has 1 heterocycles. The molecule has 0 N–H and O–H groups in total. The summed E-state index contributed by atoms with van der Waals surface area (Å²) in [6.45, 7) is 2.18. The molecule has 0 unspecified atom stereocenters. The Bertz CT molecular complexity index is 987. The van der Waals surface area contributed by atoms with Gasteiger partial charge in [-0.25, -0.2) is 4.98 Å². The van der Waals surface area contributed by atoms with E-state index in [1.54, 1.807) is 0 Å². The van der Waals surface area contributed by atoms with Crippen molar-refractivity contribution in [3.05, 3.63) is 60.7 Å². The van der Waals surface area contributed by atoms with Crippen molar-refractivity contribution in [2.45, 2.75) is 11.8 Å². The molecule has 0 aliphatic heterocycles. The van der Waals surface area contributed by atoms with Crippen LogP contribution in [0, 0.1) is 0 Å². The van der Waals surface area contributed by atoms with E-state index < -0.39 is 0 Å². The zero-order valence-corrected chi connectivity index (χ0v) is 14.1. The molecule has 23 heavy (non-hydrogen) atoms. The molecule has 0 aliphatic rings. The molecule has 0 aliphatic carbocycles. The summed E-state index contributed by atoms with van der Waals surface area (Å²) in [7, 11) is 2.09. The second kappa shape index (κ2) is 5.74. The van der Waals surface area contributed by atoms with Gasteiger partial charge in [0.1, 0.15) is 5.82 Å². The fourth-order valence-electron chi connectivity index (χ4n) is 3.07. The average molecular weight is 318 g/mol. The van der Waals surface area contributed by atoms with Crippen molar-refractivity contribution >= 4 is 33.6 Å². The number of aromatic nitrogens is 2. The van der Waals surface area contributed by atoms with E-state index >= 15 is 0 Å². The maximum atomic E-state index is 4.94. The van der Waals surface area contributed by atoms with Gasteiger partial charge in [-0.05, 0) is 29.3 Å². The van der Waals surface area contributed by atoms with Gasteiger partial charge in [-0.1, -0.05) is 49.4 Å². The molecule has 3 heteroatoms. The molecule has 4 rings (SSSR count). The van der Waals surface area contributed by atoms with Gasteiger partial charge in [0.15, 0.2) is 0 Å². The van der Waals surface area contributed by atoms with Gasteiger partial charge in [0, 0.05) is 22.9 Å². The lowest BCUT2D eigenvalue weighted by Gasteiger charge is -2.04. The first-order valence-corrected chi connectivity index (χ1v) is 8.84. The first-order valence-electron chi connectivity index (χ1n) is 7.85. The van der Waals surface area contributed by atoms with E-state index in [1.165, 1.54) is 21.2 Å². The normalized spacial score (nSPS) is 11.4. The number of aryl methyl sites for hydroxylation is 1. The maximum absolute atomic E-state index is 4.94. The zero-order valence-electron chi connectivity index (χ0n) is 13.3. The van der Waals surface area contributed by atoms with Gasteiger partial charge in [0.2, 0.25) is 0 Å². The van der Waals surface area contributed by atoms with E-state index in [0.29, 0.717) is 0 Å². The van der Waals surface area contributed by atoms with Crippen LogP contribution in [0.5, 0.6) is 0 Å². The van der Waals surface area contributed by atoms with Gasteiger partial charge in [-0.15, -0.1) is 11.8 Å². The summed E-state index contributed by atoms with van der Waals surface area (Å²) >= 11 is 1.88. The Morgan fingerprint density at radius 2 is 1.83 bits per heavy atom. The predicted molar refractivity (Wildman–Crippen MR) is 100 cm³/mol. The first kappa shape index (κ1) is 14.3. The van der Waals surface area contributed by atoms with Gasteiger partial charge in [0.25, 0.3) is 0 Å². The fraction of sp³-hybridized carbons (Fsp3) is 0.150. The molecule has 1 aromatic heterocycles. The van der Waals surface area contributed by atoms with E-state index in [-0.39, 0.29) is 0 Å². The number of fused-ring (bicyclic) bond motifs is 3.